The summed E-state index contributed by atoms with van der Waals surface area (Å²) in [4.78, 5) is 41.2. The molecule has 12 heteroatoms. The smallest absolute Gasteiger partial charge is 0.408 e. The number of ether oxygens (including phenoxy) is 2. The van der Waals surface area contributed by atoms with Crippen LogP contribution in [-0.4, -0.2) is 48.4 Å². The minimum atomic E-state index is -2.03. The van der Waals surface area contributed by atoms with E-state index in [0.29, 0.717) is 11.8 Å². The van der Waals surface area contributed by atoms with Gasteiger partial charge in [-0.15, -0.1) is 0 Å². The highest BCUT2D eigenvalue weighted by Gasteiger charge is 2.52. The van der Waals surface area contributed by atoms with Gasteiger partial charge in [0.2, 0.25) is 0 Å². The molecule has 1 aliphatic rings. The minimum absolute atomic E-state index is 0.0510. The van der Waals surface area contributed by atoms with Gasteiger partial charge < -0.3 is 19.9 Å². The molecule has 1 saturated carbocycles. The monoisotopic (exact) mass is 538 g/mol. The first-order valence-electron chi connectivity index (χ1n) is 11.8. The Kier molecular flexibility index (Phi) is 9.21. The number of aliphatic imine (C=N–C) groups is 1. The molecule has 1 amide bonds. The first-order valence-corrected chi connectivity index (χ1v) is 11.8. The second-order valence-electron chi connectivity index (χ2n) is 8.70. The second-order valence-corrected chi connectivity index (χ2v) is 8.70. The largest absolute Gasteiger partial charge is 0.465 e. The van der Waals surface area contributed by atoms with E-state index in [4.69, 9.17) is 14.6 Å². The molecule has 2 unspecified atom stereocenters. The normalized spacial score (nSPS) is 15.6. The number of alkyl carbamates (subject to hydrolysis) is 1. The Bertz CT molecular complexity index is 1200. The number of halogens is 4. The summed E-state index contributed by atoms with van der Waals surface area (Å²) in [5.74, 6) is -12.8. The summed E-state index contributed by atoms with van der Waals surface area (Å²) in [6.45, 7) is 2.01. The van der Waals surface area contributed by atoms with Crippen LogP contribution in [0.5, 0.6) is 0 Å². The van der Waals surface area contributed by atoms with E-state index in [0.717, 1.165) is 0 Å². The van der Waals surface area contributed by atoms with Crippen molar-refractivity contribution in [3.05, 3.63) is 70.3 Å². The number of rotatable bonds is 11. The highest BCUT2D eigenvalue weighted by atomic mass is 19.2. The van der Waals surface area contributed by atoms with Crippen molar-refractivity contribution in [1.29, 1.82) is 0 Å². The van der Waals surface area contributed by atoms with E-state index in [1.165, 1.54) is 13.8 Å². The van der Waals surface area contributed by atoms with Crippen molar-refractivity contribution in [1.82, 2.24) is 5.32 Å². The van der Waals surface area contributed by atoms with Crippen LogP contribution in [0.2, 0.25) is 0 Å². The fourth-order valence-electron chi connectivity index (χ4n) is 3.69. The van der Waals surface area contributed by atoms with Gasteiger partial charge in [-0.2, -0.15) is 0 Å². The summed E-state index contributed by atoms with van der Waals surface area (Å²) in [7, 11) is 0. The number of nitrogens with one attached hydrogen (secondary N) is 1. The predicted octanol–water partition coefficient (Wildman–Crippen LogP) is 3.97. The zero-order valence-corrected chi connectivity index (χ0v) is 20.6. The second kappa shape index (κ2) is 12.2. The van der Waals surface area contributed by atoms with Gasteiger partial charge in [-0.05, 0) is 32.3 Å². The van der Waals surface area contributed by atoms with Crippen LogP contribution >= 0.6 is 0 Å². The van der Waals surface area contributed by atoms with E-state index >= 15 is 17.6 Å². The molecule has 0 aliphatic heterocycles. The molecule has 0 aromatic heterocycles. The van der Waals surface area contributed by atoms with Gasteiger partial charge in [0.15, 0.2) is 35.0 Å². The quantitative estimate of drug-likeness (QED) is 0.112. The van der Waals surface area contributed by atoms with Gasteiger partial charge in [0, 0.05) is 6.21 Å². The van der Waals surface area contributed by atoms with Gasteiger partial charge in [-0.25, -0.2) is 22.4 Å². The summed E-state index contributed by atoms with van der Waals surface area (Å²) < 4.78 is 70.3. The number of nitrogens with zero attached hydrogens (tertiary/aromatic N) is 1. The fourth-order valence-corrected chi connectivity index (χ4v) is 3.69. The van der Waals surface area contributed by atoms with Gasteiger partial charge in [0.1, 0.15) is 6.61 Å². The average Bonchev–Trinajstić information content (AvgIpc) is 3.66. The fraction of sp³-hybridized carbons (Fsp3) is 0.385. The molecular formula is C26H26F4N2O6. The van der Waals surface area contributed by atoms with Crippen LogP contribution in [0.4, 0.5) is 22.4 Å². The van der Waals surface area contributed by atoms with Crippen LogP contribution in [0.15, 0.2) is 35.3 Å². The lowest BCUT2D eigenvalue weighted by atomic mass is 9.93. The zero-order chi connectivity index (χ0) is 28.0. The number of ketones is 1. The first-order chi connectivity index (χ1) is 18.1. The highest BCUT2D eigenvalue weighted by molar-refractivity contribution is 6.18. The molecule has 204 valence electrons. The molecule has 8 nitrogen and oxygen atoms in total. The summed E-state index contributed by atoms with van der Waals surface area (Å²) in [5, 5.41) is 11.4. The van der Waals surface area contributed by atoms with Gasteiger partial charge in [0.05, 0.1) is 35.9 Å². The van der Waals surface area contributed by atoms with E-state index in [9.17, 15) is 14.4 Å². The molecule has 1 aliphatic carbocycles. The number of hydrogen-bond donors (Lipinski definition) is 2. The minimum Gasteiger partial charge on any atom is -0.465 e. The Morgan fingerprint density at radius 1 is 1.05 bits per heavy atom. The number of benzene rings is 2. The van der Waals surface area contributed by atoms with Crippen molar-refractivity contribution in [3.8, 4) is 0 Å². The van der Waals surface area contributed by atoms with Crippen LogP contribution in [0.1, 0.15) is 48.2 Å². The Morgan fingerprint density at radius 2 is 1.66 bits per heavy atom. The van der Waals surface area contributed by atoms with Crippen molar-refractivity contribution in [3.63, 3.8) is 0 Å². The molecule has 0 radical (unpaired) electrons. The summed E-state index contributed by atoms with van der Waals surface area (Å²) in [6, 6.07) is 7.75. The number of carbonyl (C=O) groups is 3. The lowest BCUT2D eigenvalue weighted by Crippen LogP contribution is -2.38. The highest BCUT2D eigenvalue weighted by Crippen LogP contribution is 2.49. The summed E-state index contributed by atoms with van der Waals surface area (Å²) >= 11 is 0. The third-order valence-electron chi connectivity index (χ3n) is 5.87. The molecule has 0 saturated heterocycles. The van der Waals surface area contributed by atoms with Crippen LogP contribution in [0.25, 0.3) is 0 Å². The molecule has 0 bridgehead atoms. The number of aliphatic hydroxyl groups is 1. The van der Waals surface area contributed by atoms with Gasteiger partial charge in [-0.3, -0.25) is 14.6 Å². The van der Waals surface area contributed by atoms with Crippen molar-refractivity contribution in [2.75, 3.05) is 13.2 Å². The molecule has 2 aromatic rings. The van der Waals surface area contributed by atoms with Gasteiger partial charge in [-0.1, -0.05) is 30.3 Å². The SMILES string of the molecule is CCOC(=O)C(C=NC(C)CO)C(=O)c1c(F)c(F)c(C2(NC(=O)OCc3ccccc3)CC2)c(F)c1F. The zero-order valence-electron chi connectivity index (χ0n) is 20.6. The molecule has 38 heavy (non-hydrogen) atoms. The van der Waals surface area contributed by atoms with Crippen molar-refractivity contribution in [2.24, 2.45) is 10.9 Å². The lowest BCUT2D eigenvalue weighted by molar-refractivity contribution is -0.144. The standard InChI is InChI=1S/C26H26F4N2O6/c1-3-37-24(35)16(11-31-14(2)12-33)23(34)17-19(27)21(29)18(22(30)20(17)28)26(9-10-26)32-25(36)38-13-15-7-5-4-6-8-15/h4-8,11,14,16,33H,3,9-10,12-13H2,1-2H3,(H,32,36). The Labute approximate surface area is 215 Å². The molecule has 2 atom stereocenters. The van der Waals surface area contributed by atoms with Crippen LogP contribution < -0.4 is 5.32 Å². The lowest BCUT2D eigenvalue weighted by Gasteiger charge is -2.21. The number of carbonyl (C=O) groups excluding carboxylic acids is 3. The Hall–Kier alpha value is -3.80. The van der Waals surface area contributed by atoms with Crippen LogP contribution in [0, 0.1) is 29.2 Å². The van der Waals surface area contributed by atoms with Crippen LogP contribution in [-0.2, 0) is 26.4 Å². The predicted molar refractivity (Wildman–Crippen MR) is 126 cm³/mol. The number of aliphatic hydroxyl groups excluding tert-OH is 1. The maximum Gasteiger partial charge on any atom is 0.408 e. The topological polar surface area (TPSA) is 114 Å². The van der Waals surface area contributed by atoms with E-state index in [1.54, 1.807) is 30.3 Å². The molecule has 2 N–H and O–H groups in total. The third-order valence-corrected chi connectivity index (χ3v) is 5.87. The summed E-state index contributed by atoms with van der Waals surface area (Å²) in [5.41, 5.74) is -3.88. The van der Waals surface area contributed by atoms with Crippen LogP contribution in [0.3, 0.4) is 0 Å². The molecular weight excluding hydrogens is 512 g/mol. The molecule has 1 fully saturated rings. The Balaban J connectivity index is 1.92. The maximum atomic E-state index is 15.2. The third kappa shape index (κ3) is 6.18. The van der Waals surface area contributed by atoms with Crippen molar-refractivity contribution >= 4 is 24.1 Å². The maximum absolute atomic E-state index is 15.2. The van der Waals surface area contributed by atoms with E-state index in [-0.39, 0.29) is 26.1 Å². The number of hydrogen-bond acceptors (Lipinski definition) is 7. The molecule has 2 aromatic carbocycles. The van der Waals surface area contributed by atoms with Crippen molar-refractivity contribution in [2.45, 2.75) is 44.9 Å². The first kappa shape index (κ1) is 28.8. The average molecular weight is 538 g/mol. The van der Waals surface area contributed by atoms with Crippen molar-refractivity contribution < 1.29 is 46.5 Å². The van der Waals surface area contributed by atoms with E-state index < -0.39 is 76.3 Å². The Morgan fingerprint density at radius 3 is 2.18 bits per heavy atom. The van der Waals surface area contributed by atoms with Gasteiger partial charge in [0.25, 0.3) is 0 Å². The molecule has 0 spiro atoms. The summed E-state index contributed by atoms with van der Waals surface area (Å²) in [6.07, 6.45) is -0.464. The molecule has 3 rings (SSSR count). The number of amides is 1. The molecule has 0 heterocycles. The number of Topliss-reactive ketones (excluding diaryl/α,β-unsaturated/α-hetero) is 1. The number of esters is 1. The van der Waals surface area contributed by atoms with E-state index in [1.807, 2.05) is 0 Å². The van der Waals surface area contributed by atoms with Gasteiger partial charge >= 0.3 is 12.1 Å². The van der Waals surface area contributed by atoms with E-state index in [2.05, 4.69) is 10.3 Å².